The first-order valence-electron chi connectivity index (χ1n) is 7.22. The normalized spacial score (nSPS) is 13.7. The first kappa shape index (κ1) is 13.9. The standard InChI is InChI=1S/C19H23/c1-4-9-15-14-16-12-7-8-13-18(16)19(11-6-3)17(15)10-5-2/h4-6H,1-3,7-13H2. The Bertz CT molecular complexity index is 491. The molecule has 99 valence electrons. The topological polar surface area (TPSA) is 0 Å². The van der Waals surface area contributed by atoms with Gasteiger partial charge in [0.1, 0.15) is 0 Å². The molecular formula is C19H23. The highest BCUT2D eigenvalue weighted by molar-refractivity contribution is 5.48. The van der Waals surface area contributed by atoms with Crippen LogP contribution in [-0.2, 0) is 32.1 Å². The third kappa shape index (κ3) is 2.89. The van der Waals surface area contributed by atoms with Gasteiger partial charge in [-0.1, -0.05) is 18.2 Å². The molecule has 0 N–H and O–H groups in total. The van der Waals surface area contributed by atoms with Crippen molar-refractivity contribution in [2.75, 3.05) is 0 Å². The molecule has 0 heteroatoms. The fourth-order valence-electron chi connectivity index (χ4n) is 3.10. The molecule has 0 aliphatic heterocycles. The van der Waals surface area contributed by atoms with E-state index in [-0.39, 0.29) is 0 Å². The van der Waals surface area contributed by atoms with E-state index in [9.17, 15) is 0 Å². The van der Waals surface area contributed by atoms with E-state index in [1.807, 2.05) is 18.2 Å². The number of hydrogen-bond acceptors (Lipinski definition) is 0. The van der Waals surface area contributed by atoms with E-state index in [1.165, 1.54) is 53.5 Å². The van der Waals surface area contributed by atoms with Crippen molar-refractivity contribution in [3.63, 3.8) is 0 Å². The maximum absolute atomic E-state index is 3.93. The Morgan fingerprint density at radius 3 is 2.16 bits per heavy atom. The Kier molecular flexibility index (Phi) is 4.79. The minimum atomic E-state index is 0.903. The number of rotatable bonds is 6. The summed E-state index contributed by atoms with van der Waals surface area (Å²) in [6.45, 7) is 11.7. The molecule has 0 saturated heterocycles. The van der Waals surface area contributed by atoms with E-state index in [2.05, 4.69) is 25.8 Å². The van der Waals surface area contributed by atoms with Gasteiger partial charge in [0.15, 0.2) is 0 Å². The molecule has 1 aliphatic carbocycles. The summed E-state index contributed by atoms with van der Waals surface area (Å²) in [5, 5.41) is 0. The molecule has 0 atom stereocenters. The average Bonchev–Trinajstić information content (AvgIpc) is 2.43. The lowest BCUT2D eigenvalue weighted by Gasteiger charge is -2.24. The summed E-state index contributed by atoms with van der Waals surface area (Å²) in [5.41, 5.74) is 7.19. The monoisotopic (exact) mass is 251 g/mol. The zero-order valence-electron chi connectivity index (χ0n) is 11.8. The van der Waals surface area contributed by atoms with Gasteiger partial charge in [0.2, 0.25) is 0 Å². The van der Waals surface area contributed by atoms with Gasteiger partial charge in [-0.25, -0.2) is 0 Å². The summed E-state index contributed by atoms with van der Waals surface area (Å²) < 4.78 is 0. The van der Waals surface area contributed by atoms with Crippen LogP contribution < -0.4 is 0 Å². The molecule has 1 aliphatic rings. The Morgan fingerprint density at radius 1 is 0.842 bits per heavy atom. The van der Waals surface area contributed by atoms with E-state index in [0.29, 0.717) is 0 Å². The molecule has 0 amide bonds. The van der Waals surface area contributed by atoms with Crippen LogP contribution in [0.2, 0.25) is 0 Å². The maximum atomic E-state index is 3.93. The Morgan fingerprint density at radius 2 is 1.47 bits per heavy atom. The van der Waals surface area contributed by atoms with Gasteiger partial charge in [-0.15, -0.1) is 19.7 Å². The van der Waals surface area contributed by atoms with Gasteiger partial charge >= 0.3 is 0 Å². The highest BCUT2D eigenvalue weighted by Crippen LogP contribution is 2.31. The van der Waals surface area contributed by atoms with Crippen molar-refractivity contribution in [1.82, 2.24) is 0 Å². The summed E-state index contributed by atoms with van der Waals surface area (Å²) in [6.07, 6.45) is 13.8. The third-order valence-corrected chi connectivity index (χ3v) is 3.91. The summed E-state index contributed by atoms with van der Waals surface area (Å²) in [5.74, 6) is 0. The number of benzene rings is 1. The summed E-state index contributed by atoms with van der Waals surface area (Å²) in [6, 6.07) is 3.66. The smallest absolute Gasteiger partial charge is 0.00909 e. The minimum Gasteiger partial charge on any atom is -0.103 e. The summed E-state index contributed by atoms with van der Waals surface area (Å²) in [7, 11) is 0. The molecule has 0 aromatic heterocycles. The predicted molar refractivity (Wildman–Crippen MR) is 83.6 cm³/mol. The van der Waals surface area contributed by atoms with Crippen LogP contribution in [0.5, 0.6) is 0 Å². The first-order chi connectivity index (χ1) is 9.31. The van der Waals surface area contributed by atoms with Gasteiger partial charge < -0.3 is 0 Å². The van der Waals surface area contributed by atoms with Gasteiger partial charge in [0.25, 0.3) is 0 Å². The summed E-state index contributed by atoms with van der Waals surface area (Å²) in [4.78, 5) is 0. The maximum Gasteiger partial charge on any atom is -0.00909 e. The average molecular weight is 251 g/mol. The molecular weight excluding hydrogens is 228 g/mol. The Hall–Kier alpha value is -1.56. The molecule has 0 spiro atoms. The lowest BCUT2D eigenvalue weighted by atomic mass is 9.81. The fourth-order valence-corrected chi connectivity index (χ4v) is 3.10. The molecule has 0 unspecified atom stereocenters. The van der Waals surface area contributed by atoms with Crippen molar-refractivity contribution in [2.24, 2.45) is 0 Å². The molecule has 1 aromatic carbocycles. The number of fused-ring (bicyclic) bond motifs is 1. The Balaban J connectivity index is 2.60. The van der Waals surface area contributed by atoms with Crippen LogP contribution in [0.25, 0.3) is 0 Å². The SMILES string of the molecule is C=CCc1[c]c2c(c(CC=C)c1CC=C)CCCC2. The van der Waals surface area contributed by atoms with Crippen molar-refractivity contribution in [3.05, 3.63) is 71.8 Å². The first-order valence-corrected chi connectivity index (χ1v) is 7.22. The van der Waals surface area contributed by atoms with E-state index >= 15 is 0 Å². The minimum absolute atomic E-state index is 0.903. The molecule has 2 rings (SSSR count). The highest BCUT2D eigenvalue weighted by Gasteiger charge is 2.18. The lowest BCUT2D eigenvalue weighted by Crippen LogP contribution is -2.12. The second-order valence-corrected chi connectivity index (χ2v) is 5.20. The van der Waals surface area contributed by atoms with Gasteiger partial charge in [0, 0.05) is 0 Å². The second kappa shape index (κ2) is 6.56. The molecule has 0 saturated carbocycles. The summed E-state index contributed by atoms with van der Waals surface area (Å²) >= 11 is 0. The quantitative estimate of drug-likeness (QED) is 0.651. The zero-order valence-corrected chi connectivity index (χ0v) is 11.8. The van der Waals surface area contributed by atoms with E-state index in [4.69, 9.17) is 0 Å². The number of allylic oxidation sites excluding steroid dienone is 3. The molecule has 0 fully saturated rings. The van der Waals surface area contributed by atoms with Crippen LogP contribution >= 0.6 is 0 Å². The van der Waals surface area contributed by atoms with E-state index in [0.717, 1.165) is 19.3 Å². The second-order valence-electron chi connectivity index (χ2n) is 5.20. The predicted octanol–water partition coefficient (Wildman–Crippen LogP) is 4.55. The van der Waals surface area contributed by atoms with Crippen LogP contribution in [0, 0.1) is 6.07 Å². The molecule has 0 nitrogen and oxygen atoms in total. The lowest BCUT2D eigenvalue weighted by molar-refractivity contribution is 0.676. The molecule has 19 heavy (non-hydrogen) atoms. The van der Waals surface area contributed by atoms with Crippen molar-refractivity contribution in [1.29, 1.82) is 0 Å². The largest absolute Gasteiger partial charge is 0.103 e. The van der Waals surface area contributed by atoms with E-state index < -0.39 is 0 Å². The van der Waals surface area contributed by atoms with Gasteiger partial charge in [-0.05, 0) is 78.8 Å². The van der Waals surface area contributed by atoms with Crippen molar-refractivity contribution >= 4 is 0 Å². The third-order valence-electron chi connectivity index (χ3n) is 3.91. The molecule has 1 radical (unpaired) electrons. The van der Waals surface area contributed by atoms with Crippen molar-refractivity contribution < 1.29 is 0 Å². The van der Waals surface area contributed by atoms with Crippen LogP contribution in [0.15, 0.2) is 38.0 Å². The van der Waals surface area contributed by atoms with Crippen molar-refractivity contribution in [2.45, 2.75) is 44.9 Å². The van der Waals surface area contributed by atoms with Gasteiger partial charge in [-0.2, -0.15) is 0 Å². The molecule has 1 aromatic rings. The van der Waals surface area contributed by atoms with Crippen LogP contribution in [-0.4, -0.2) is 0 Å². The molecule has 0 heterocycles. The zero-order chi connectivity index (χ0) is 13.7. The van der Waals surface area contributed by atoms with Crippen LogP contribution in [0.1, 0.15) is 40.7 Å². The Labute approximate surface area is 117 Å². The fraction of sp³-hybridized carbons (Fsp3) is 0.368. The number of aryl methyl sites for hydroxylation is 1. The van der Waals surface area contributed by atoms with Gasteiger partial charge in [0.05, 0.1) is 0 Å². The highest BCUT2D eigenvalue weighted by atomic mass is 14.2. The van der Waals surface area contributed by atoms with Crippen molar-refractivity contribution in [3.8, 4) is 0 Å². The van der Waals surface area contributed by atoms with Crippen LogP contribution in [0.4, 0.5) is 0 Å². The van der Waals surface area contributed by atoms with Gasteiger partial charge in [-0.3, -0.25) is 0 Å². The molecule has 0 bridgehead atoms. The van der Waals surface area contributed by atoms with Crippen LogP contribution in [0.3, 0.4) is 0 Å². The van der Waals surface area contributed by atoms with E-state index in [1.54, 1.807) is 0 Å². The number of hydrogen-bond donors (Lipinski definition) is 0.